The molecule has 9 heteroatoms. The van der Waals surface area contributed by atoms with Gasteiger partial charge in [-0.05, 0) is 48.7 Å². The average molecular weight is 428 g/mol. The molecule has 0 aromatic heterocycles. The maximum Gasteiger partial charge on any atom is 0.416 e. The number of halogens is 3. The zero-order chi connectivity index (χ0) is 21.7. The molecule has 0 saturated heterocycles. The van der Waals surface area contributed by atoms with E-state index in [2.05, 4.69) is 5.32 Å². The Labute approximate surface area is 168 Å². The van der Waals surface area contributed by atoms with Gasteiger partial charge in [-0.15, -0.1) is 0 Å². The Kier molecular flexibility index (Phi) is 7.29. The predicted octanol–water partition coefficient (Wildman–Crippen LogP) is 4.45. The van der Waals surface area contributed by atoms with Gasteiger partial charge in [0.05, 0.1) is 17.5 Å². The van der Waals surface area contributed by atoms with Crippen LogP contribution in [0.4, 0.5) is 24.5 Å². The first-order valence-corrected chi connectivity index (χ1v) is 10.9. The molecule has 2 aromatic rings. The van der Waals surface area contributed by atoms with Crippen molar-refractivity contribution in [2.45, 2.75) is 32.4 Å². The second-order valence-corrected chi connectivity index (χ2v) is 8.49. The van der Waals surface area contributed by atoms with Crippen LogP contribution in [-0.4, -0.2) is 27.1 Å². The number of amides is 1. The second kappa shape index (κ2) is 9.30. The quantitative estimate of drug-likeness (QED) is 0.675. The summed E-state index contributed by atoms with van der Waals surface area (Å²) in [6.07, 6.45) is -2.59. The summed E-state index contributed by atoms with van der Waals surface area (Å²) in [5.41, 5.74) is 0.743. The Hall–Kier alpha value is -2.55. The lowest BCUT2D eigenvalue weighted by Gasteiger charge is -2.23. The minimum absolute atomic E-state index is 0.0283. The minimum atomic E-state index is -4.58. The van der Waals surface area contributed by atoms with Crippen LogP contribution in [0.5, 0.6) is 0 Å². The third kappa shape index (κ3) is 6.77. The lowest BCUT2D eigenvalue weighted by atomic mass is 10.1. The number of nitrogens with zero attached hydrogens (tertiary/aromatic N) is 1. The van der Waals surface area contributed by atoms with Gasteiger partial charge in [0.25, 0.3) is 0 Å². The number of sulfonamides is 1. The van der Waals surface area contributed by atoms with Crippen LogP contribution in [0.2, 0.25) is 0 Å². The van der Waals surface area contributed by atoms with Crippen molar-refractivity contribution in [2.75, 3.05) is 22.4 Å². The van der Waals surface area contributed by atoms with Gasteiger partial charge >= 0.3 is 6.18 Å². The highest BCUT2D eigenvalue weighted by molar-refractivity contribution is 7.92. The molecule has 2 rings (SSSR count). The van der Waals surface area contributed by atoms with Crippen molar-refractivity contribution in [3.8, 4) is 0 Å². The van der Waals surface area contributed by atoms with E-state index in [-0.39, 0.29) is 31.0 Å². The molecule has 0 heterocycles. The molecule has 29 heavy (non-hydrogen) atoms. The van der Waals surface area contributed by atoms with Crippen LogP contribution in [0.1, 0.15) is 30.9 Å². The van der Waals surface area contributed by atoms with E-state index >= 15 is 0 Å². The van der Waals surface area contributed by atoms with E-state index in [1.54, 1.807) is 12.1 Å². The van der Waals surface area contributed by atoms with Crippen LogP contribution in [0, 0.1) is 0 Å². The van der Waals surface area contributed by atoms with Gasteiger partial charge in [0.15, 0.2) is 0 Å². The van der Waals surface area contributed by atoms with E-state index in [9.17, 15) is 26.4 Å². The molecule has 0 aliphatic heterocycles. The molecule has 0 spiro atoms. The SMILES string of the molecule is CCc1ccc(NC(=O)CCCN(c2cccc(C(F)(F)F)c2)S(C)(=O)=O)cc1. The Bertz CT molecular complexity index is 942. The van der Waals surface area contributed by atoms with E-state index in [0.717, 1.165) is 40.7 Å². The molecule has 1 amide bonds. The second-order valence-electron chi connectivity index (χ2n) is 6.59. The molecule has 1 N–H and O–H groups in total. The summed E-state index contributed by atoms with van der Waals surface area (Å²) in [7, 11) is -3.81. The summed E-state index contributed by atoms with van der Waals surface area (Å²) in [5, 5.41) is 2.72. The zero-order valence-corrected chi connectivity index (χ0v) is 17.0. The van der Waals surface area contributed by atoms with Gasteiger partial charge in [-0.1, -0.05) is 25.1 Å². The van der Waals surface area contributed by atoms with Gasteiger partial charge in [-0.2, -0.15) is 13.2 Å². The van der Waals surface area contributed by atoms with Crippen LogP contribution >= 0.6 is 0 Å². The number of carbonyl (C=O) groups excluding carboxylic acids is 1. The number of alkyl halides is 3. The highest BCUT2D eigenvalue weighted by Gasteiger charge is 2.31. The average Bonchev–Trinajstić information content (AvgIpc) is 2.64. The normalized spacial score (nSPS) is 11.9. The van der Waals surface area contributed by atoms with Gasteiger partial charge in [0.2, 0.25) is 15.9 Å². The first kappa shape index (κ1) is 22.7. The molecule has 158 valence electrons. The van der Waals surface area contributed by atoms with Gasteiger partial charge in [0.1, 0.15) is 0 Å². The zero-order valence-electron chi connectivity index (χ0n) is 16.2. The van der Waals surface area contributed by atoms with Crippen molar-refractivity contribution >= 4 is 27.3 Å². The topological polar surface area (TPSA) is 66.5 Å². The molecule has 5 nitrogen and oxygen atoms in total. The third-order valence-electron chi connectivity index (χ3n) is 4.27. The molecule has 0 aliphatic carbocycles. The number of hydrogen-bond donors (Lipinski definition) is 1. The van der Waals surface area contributed by atoms with Crippen molar-refractivity contribution in [3.05, 3.63) is 59.7 Å². The number of nitrogens with one attached hydrogen (secondary N) is 1. The summed E-state index contributed by atoms with van der Waals surface area (Å²) in [5.74, 6) is -0.299. The molecule has 0 saturated carbocycles. The van der Waals surface area contributed by atoms with Gasteiger partial charge < -0.3 is 5.32 Å². The van der Waals surface area contributed by atoms with Gasteiger partial charge in [-0.25, -0.2) is 8.42 Å². The number of carbonyl (C=O) groups is 1. The summed E-state index contributed by atoms with van der Waals surface area (Å²) in [6.45, 7) is 1.91. The maximum atomic E-state index is 12.9. The molecular weight excluding hydrogens is 405 g/mol. The van der Waals surface area contributed by atoms with Crippen molar-refractivity contribution < 1.29 is 26.4 Å². The van der Waals surface area contributed by atoms with Gasteiger partial charge in [-0.3, -0.25) is 9.10 Å². The van der Waals surface area contributed by atoms with Crippen LogP contribution in [0.3, 0.4) is 0 Å². The Morgan fingerprint density at radius 2 is 1.76 bits per heavy atom. The Morgan fingerprint density at radius 3 is 2.31 bits per heavy atom. The Morgan fingerprint density at radius 1 is 1.10 bits per heavy atom. The standard InChI is InChI=1S/C20H23F3N2O3S/c1-3-15-9-11-17(12-10-15)24-19(26)8-5-13-25(29(2,27)28)18-7-4-6-16(14-18)20(21,22)23/h4,6-7,9-12,14H,3,5,8,13H2,1-2H3,(H,24,26). The first-order valence-electron chi connectivity index (χ1n) is 9.04. The summed E-state index contributed by atoms with van der Waals surface area (Å²) < 4.78 is 63.8. The summed E-state index contributed by atoms with van der Waals surface area (Å²) in [6, 6.07) is 11.5. The highest BCUT2D eigenvalue weighted by Crippen LogP contribution is 2.32. The summed E-state index contributed by atoms with van der Waals surface area (Å²) >= 11 is 0. The fraction of sp³-hybridized carbons (Fsp3) is 0.350. The molecule has 0 unspecified atom stereocenters. The molecule has 0 aliphatic rings. The first-order chi connectivity index (χ1) is 13.5. The lowest BCUT2D eigenvalue weighted by molar-refractivity contribution is -0.137. The smallest absolute Gasteiger partial charge is 0.326 e. The fourth-order valence-electron chi connectivity index (χ4n) is 2.75. The van der Waals surface area contributed by atoms with E-state index < -0.39 is 21.8 Å². The van der Waals surface area contributed by atoms with Crippen LogP contribution < -0.4 is 9.62 Å². The summed E-state index contributed by atoms with van der Waals surface area (Å²) in [4.78, 5) is 12.1. The minimum Gasteiger partial charge on any atom is -0.326 e. The molecule has 0 atom stereocenters. The monoisotopic (exact) mass is 428 g/mol. The van der Waals surface area contributed by atoms with E-state index in [4.69, 9.17) is 0 Å². The van der Waals surface area contributed by atoms with Gasteiger partial charge in [0, 0.05) is 18.7 Å². The number of benzene rings is 2. The number of aryl methyl sites for hydroxylation is 1. The van der Waals surface area contributed by atoms with Crippen molar-refractivity contribution in [1.29, 1.82) is 0 Å². The van der Waals surface area contributed by atoms with E-state index in [1.807, 2.05) is 19.1 Å². The molecule has 2 aromatic carbocycles. The maximum absolute atomic E-state index is 12.9. The van der Waals surface area contributed by atoms with Crippen molar-refractivity contribution in [2.24, 2.45) is 0 Å². The van der Waals surface area contributed by atoms with Crippen LogP contribution in [0.25, 0.3) is 0 Å². The molecule has 0 fully saturated rings. The molecular formula is C20H23F3N2O3S. The third-order valence-corrected chi connectivity index (χ3v) is 5.47. The number of rotatable bonds is 8. The fourth-order valence-corrected chi connectivity index (χ4v) is 3.71. The van der Waals surface area contributed by atoms with Crippen molar-refractivity contribution in [1.82, 2.24) is 0 Å². The number of anilines is 2. The Balaban J connectivity index is 2.02. The molecule has 0 bridgehead atoms. The highest BCUT2D eigenvalue weighted by atomic mass is 32.2. The largest absolute Gasteiger partial charge is 0.416 e. The molecule has 0 radical (unpaired) electrons. The van der Waals surface area contributed by atoms with Crippen molar-refractivity contribution in [3.63, 3.8) is 0 Å². The van der Waals surface area contributed by atoms with Crippen LogP contribution in [0.15, 0.2) is 48.5 Å². The van der Waals surface area contributed by atoms with E-state index in [1.165, 1.54) is 6.07 Å². The lowest BCUT2D eigenvalue weighted by Crippen LogP contribution is -2.31. The van der Waals surface area contributed by atoms with Crippen LogP contribution in [-0.2, 0) is 27.4 Å². The predicted molar refractivity (Wildman–Crippen MR) is 107 cm³/mol. The number of hydrogen-bond acceptors (Lipinski definition) is 3. The van der Waals surface area contributed by atoms with E-state index in [0.29, 0.717) is 5.69 Å².